The van der Waals surface area contributed by atoms with Crippen LogP contribution < -0.4 is 0 Å². The number of benzene rings is 1. The number of Topliss-reactive ketones (excluding diaryl/α,β-unsaturated/α-hetero) is 1. The van der Waals surface area contributed by atoms with E-state index in [4.69, 9.17) is 0 Å². The molecule has 2 N–H and O–H groups in total. The number of hydrogen-bond donors (Lipinski definition) is 2. The zero-order chi connectivity index (χ0) is 20.5. The van der Waals surface area contributed by atoms with Crippen molar-refractivity contribution < 1.29 is 14.7 Å². The first-order chi connectivity index (χ1) is 14.0. The maximum absolute atomic E-state index is 13.0. The minimum Gasteiger partial charge on any atom is -0.507 e. The number of rotatable bonds is 5. The van der Waals surface area contributed by atoms with E-state index < -0.39 is 17.7 Å². The summed E-state index contributed by atoms with van der Waals surface area (Å²) in [5.74, 6) is -1.45. The number of nitrogens with one attached hydrogen (secondary N) is 1. The average molecular weight is 390 g/mol. The third kappa shape index (κ3) is 3.30. The van der Waals surface area contributed by atoms with Gasteiger partial charge in [0, 0.05) is 48.1 Å². The molecule has 1 atom stereocenters. The molecule has 3 aromatic rings. The molecular weight excluding hydrogens is 368 g/mol. The number of H-pyrrole nitrogens is 1. The summed E-state index contributed by atoms with van der Waals surface area (Å²) in [7, 11) is 3.81. The van der Waals surface area contributed by atoms with Crippen molar-refractivity contribution in [2.75, 3.05) is 27.2 Å². The van der Waals surface area contributed by atoms with Gasteiger partial charge in [-0.25, -0.2) is 0 Å². The first-order valence-electron chi connectivity index (χ1n) is 9.38. The Balaban J connectivity index is 1.88. The number of pyridine rings is 1. The number of likely N-dealkylation sites (tertiary alicyclic amines) is 1. The van der Waals surface area contributed by atoms with Crippen molar-refractivity contribution in [1.82, 2.24) is 19.8 Å². The Morgan fingerprint density at radius 1 is 1.17 bits per heavy atom. The molecule has 1 aromatic carbocycles. The van der Waals surface area contributed by atoms with Crippen LogP contribution >= 0.6 is 0 Å². The Morgan fingerprint density at radius 2 is 1.90 bits per heavy atom. The number of aliphatic hydroxyl groups excluding tert-OH is 1. The van der Waals surface area contributed by atoms with E-state index >= 15 is 0 Å². The van der Waals surface area contributed by atoms with Gasteiger partial charge in [0.15, 0.2) is 0 Å². The zero-order valence-corrected chi connectivity index (χ0v) is 16.3. The Bertz CT molecular complexity index is 1100. The number of carbonyl (C=O) groups is 2. The van der Waals surface area contributed by atoms with Crippen LogP contribution in [0.5, 0.6) is 0 Å². The highest BCUT2D eigenvalue weighted by molar-refractivity contribution is 6.46. The molecule has 1 unspecified atom stereocenters. The van der Waals surface area contributed by atoms with Gasteiger partial charge >= 0.3 is 0 Å². The first-order valence-corrected chi connectivity index (χ1v) is 9.38. The number of hydrogen-bond acceptors (Lipinski definition) is 5. The van der Waals surface area contributed by atoms with Crippen LogP contribution in [0.3, 0.4) is 0 Å². The molecule has 7 heteroatoms. The van der Waals surface area contributed by atoms with Crippen molar-refractivity contribution in [3.63, 3.8) is 0 Å². The maximum Gasteiger partial charge on any atom is 0.295 e. The quantitative estimate of drug-likeness (QED) is 0.397. The predicted octanol–water partition coefficient (Wildman–Crippen LogP) is 2.55. The molecule has 1 amide bonds. The lowest BCUT2D eigenvalue weighted by Crippen LogP contribution is -2.35. The summed E-state index contributed by atoms with van der Waals surface area (Å²) in [5.41, 5.74) is 2.19. The van der Waals surface area contributed by atoms with Gasteiger partial charge in [-0.15, -0.1) is 0 Å². The monoisotopic (exact) mass is 390 g/mol. The third-order valence-corrected chi connectivity index (χ3v) is 5.19. The number of para-hydroxylation sites is 1. The topological polar surface area (TPSA) is 89.5 Å². The molecule has 0 bridgehead atoms. The summed E-state index contributed by atoms with van der Waals surface area (Å²) in [6.07, 6.45) is 4.90. The Labute approximate surface area is 168 Å². The van der Waals surface area contributed by atoms with Gasteiger partial charge in [0.05, 0.1) is 11.6 Å². The van der Waals surface area contributed by atoms with Crippen molar-refractivity contribution in [2.24, 2.45) is 0 Å². The summed E-state index contributed by atoms with van der Waals surface area (Å²) < 4.78 is 0. The summed E-state index contributed by atoms with van der Waals surface area (Å²) in [6, 6.07) is 10.4. The van der Waals surface area contributed by atoms with Crippen LogP contribution in [0.25, 0.3) is 16.7 Å². The van der Waals surface area contributed by atoms with Crippen LogP contribution in [0, 0.1) is 0 Å². The first kappa shape index (κ1) is 18.9. The van der Waals surface area contributed by atoms with E-state index in [2.05, 4.69) is 9.97 Å². The second-order valence-electron chi connectivity index (χ2n) is 7.32. The number of ketones is 1. The van der Waals surface area contributed by atoms with E-state index in [9.17, 15) is 14.7 Å². The van der Waals surface area contributed by atoms with E-state index in [0.717, 1.165) is 16.5 Å². The second-order valence-corrected chi connectivity index (χ2v) is 7.32. The van der Waals surface area contributed by atoms with Gasteiger partial charge in [0.1, 0.15) is 5.76 Å². The summed E-state index contributed by atoms with van der Waals surface area (Å²) in [6.45, 7) is 0.969. The highest BCUT2D eigenvalue weighted by Gasteiger charge is 2.46. The molecular formula is C22H22N4O3. The zero-order valence-electron chi connectivity index (χ0n) is 16.3. The van der Waals surface area contributed by atoms with E-state index in [1.165, 1.54) is 4.90 Å². The van der Waals surface area contributed by atoms with Crippen LogP contribution in [0.4, 0.5) is 0 Å². The van der Waals surface area contributed by atoms with Crippen LogP contribution in [0.2, 0.25) is 0 Å². The molecule has 1 aliphatic heterocycles. The predicted molar refractivity (Wildman–Crippen MR) is 110 cm³/mol. The molecule has 0 spiro atoms. The van der Waals surface area contributed by atoms with Crippen molar-refractivity contribution in [3.05, 3.63) is 71.7 Å². The maximum atomic E-state index is 13.0. The SMILES string of the molecule is CN(C)CCN1C(=O)C(=O)/C(=C(/O)c2c[nH]c3ccccc23)C1c1ccncc1. The molecule has 1 fully saturated rings. The normalized spacial score (nSPS) is 18.9. The Kier molecular flexibility index (Phi) is 4.90. The number of amides is 1. The summed E-state index contributed by atoms with van der Waals surface area (Å²) in [5, 5.41) is 11.9. The molecule has 148 valence electrons. The fraction of sp³-hybridized carbons (Fsp3) is 0.227. The number of likely N-dealkylation sites (N-methyl/N-ethyl adjacent to an activating group) is 1. The lowest BCUT2D eigenvalue weighted by molar-refractivity contribution is -0.140. The molecule has 0 saturated carbocycles. The molecule has 1 saturated heterocycles. The van der Waals surface area contributed by atoms with Crippen molar-refractivity contribution in [2.45, 2.75) is 6.04 Å². The van der Waals surface area contributed by atoms with E-state index in [1.807, 2.05) is 43.3 Å². The number of nitrogens with zero attached hydrogens (tertiary/aromatic N) is 3. The summed E-state index contributed by atoms with van der Waals surface area (Å²) in [4.78, 5) is 36.4. The number of aliphatic hydroxyl groups is 1. The largest absolute Gasteiger partial charge is 0.507 e. The van der Waals surface area contributed by atoms with E-state index in [1.54, 1.807) is 30.7 Å². The fourth-order valence-corrected chi connectivity index (χ4v) is 3.72. The molecule has 1 aliphatic rings. The van der Waals surface area contributed by atoms with E-state index in [0.29, 0.717) is 18.7 Å². The second kappa shape index (κ2) is 7.52. The van der Waals surface area contributed by atoms with Gasteiger partial charge in [0.2, 0.25) is 0 Å². The van der Waals surface area contributed by atoms with Gasteiger partial charge in [-0.1, -0.05) is 18.2 Å². The number of carbonyl (C=O) groups excluding carboxylic acids is 2. The molecule has 7 nitrogen and oxygen atoms in total. The van der Waals surface area contributed by atoms with Gasteiger partial charge < -0.3 is 19.9 Å². The number of aromatic amines is 1. The van der Waals surface area contributed by atoms with Gasteiger partial charge in [-0.2, -0.15) is 0 Å². The van der Waals surface area contributed by atoms with Gasteiger partial charge in [-0.05, 0) is 37.9 Å². The Hall–Kier alpha value is -3.45. The molecule has 0 radical (unpaired) electrons. The molecule has 4 rings (SSSR count). The fourth-order valence-electron chi connectivity index (χ4n) is 3.72. The molecule has 3 heterocycles. The van der Waals surface area contributed by atoms with Crippen LogP contribution in [-0.2, 0) is 9.59 Å². The van der Waals surface area contributed by atoms with Crippen LogP contribution in [-0.4, -0.2) is 63.7 Å². The third-order valence-electron chi connectivity index (χ3n) is 5.19. The minimum atomic E-state index is -0.673. The van der Waals surface area contributed by atoms with Crippen molar-refractivity contribution in [3.8, 4) is 0 Å². The summed E-state index contributed by atoms with van der Waals surface area (Å²) >= 11 is 0. The smallest absolute Gasteiger partial charge is 0.295 e. The van der Waals surface area contributed by atoms with Crippen molar-refractivity contribution >= 4 is 28.4 Å². The van der Waals surface area contributed by atoms with Gasteiger partial charge in [0.25, 0.3) is 11.7 Å². The van der Waals surface area contributed by atoms with Crippen molar-refractivity contribution in [1.29, 1.82) is 0 Å². The molecule has 29 heavy (non-hydrogen) atoms. The standard InChI is InChI=1S/C22H22N4O3/c1-25(2)11-12-26-19(14-7-9-23-10-8-14)18(21(28)22(26)29)20(27)16-13-24-17-6-4-3-5-15(16)17/h3-10,13,19,24,27H,11-12H2,1-2H3/b20-18+. The molecule has 2 aromatic heterocycles. The lowest BCUT2D eigenvalue weighted by Gasteiger charge is -2.26. The highest BCUT2D eigenvalue weighted by Crippen LogP contribution is 2.40. The highest BCUT2D eigenvalue weighted by atomic mass is 16.3. The van der Waals surface area contributed by atoms with Crippen LogP contribution in [0.1, 0.15) is 17.2 Å². The minimum absolute atomic E-state index is 0.102. The van der Waals surface area contributed by atoms with E-state index in [-0.39, 0.29) is 11.3 Å². The number of aromatic nitrogens is 2. The van der Waals surface area contributed by atoms with Gasteiger partial charge in [-0.3, -0.25) is 14.6 Å². The molecule has 0 aliphatic carbocycles. The number of fused-ring (bicyclic) bond motifs is 1. The lowest BCUT2D eigenvalue weighted by atomic mass is 9.96. The Morgan fingerprint density at radius 3 is 2.62 bits per heavy atom. The average Bonchev–Trinajstić information content (AvgIpc) is 3.26. The van der Waals surface area contributed by atoms with Crippen LogP contribution in [0.15, 0.2) is 60.6 Å².